The summed E-state index contributed by atoms with van der Waals surface area (Å²) in [5.41, 5.74) is 2.10. The second-order valence-electron chi connectivity index (χ2n) is 8.19. The van der Waals surface area contributed by atoms with E-state index in [1.807, 2.05) is 32.9 Å². The third-order valence-corrected chi connectivity index (χ3v) is 6.72. The molecule has 2 amide bonds. The first-order valence-corrected chi connectivity index (χ1v) is 13.3. The minimum absolute atomic E-state index is 0.0645. The molecule has 1 N–H and O–H groups in total. The van der Waals surface area contributed by atoms with Gasteiger partial charge in [-0.25, -0.2) is 12.8 Å². The van der Waals surface area contributed by atoms with E-state index in [4.69, 9.17) is 0 Å². The number of rotatable bonds is 12. The Balaban J connectivity index is 2.20. The zero-order chi connectivity index (χ0) is 25.3. The lowest BCUT2D eigenvalue weighted by Crippen LogP contribution is -2.49. The number of benzene rings is 2. The van der Waals surface area contributed by atoms with E-state index in [-0.39, 0.29) is 43.6 Å². The maximum absolute atomic E-state index is 13.3. The van der Waals surface area contributed by atoms with E-state index < -0.39 is 16.1 Å². The van der Waals surface area contributed by atoms with Gasteiger partial charge in [0.25, 0.3) is 0 Å². The first kappa shape index (κ1) is 27.3. The Labute approximate surface area is 202 Å². The zero-order valence-electron chi connectivity index (χ0n) is 20.3. The molecule has 0 aliphatic carbocycles. The average Bonchev–Trinajstić information content (AvgIpc) is 2.78. The number of carbonyl (C=O) groups is 2. The number of anilines is 1. The molecule has 0 spiro atoms. The van der Waals surface area contributed by atoms with Crippen LogP contribution >= 0.6 is 0 Å². The first-order valence-electron chi connectivity index (χ1n) is 11.4. The quantitative estimate of drug-likeness (QED) is 0.491. The van der Waals surface area contributed by atoms with Gasteiger partial charge in [-0.05, 0) is 56.0 Å². The van der Waals surface area contributed by atoms with Crippen molar-refractivity contribution < 1.29 is 22.4 Å². The highest BCUT2D eigenvalue weighted by Gasteiger charge is 2.28. The summed E-state index contributed by atoms with van der Waals surface area (Å²) in [6.07, 6.45) is 1.91. The predicted molar refractivity (Wildman–Crippen MR) is 132 cm³/mol. The fourth-order valence-electron chi connectivity index (χ4n) is 3.82. The van der Waals surface area contributed by atoms with Gasteiger partial charge in [-0.2, -0.15) is 0 Å². The van der Waals surface area contributed by atoms with Crippen LogP contribution in [0, 0.1) is 12.7 Å². The number of para-hydroxylation sites is 1. The molecule has 0 radical (unpaired) electrons. The molecular weight excluding hydrogens is 457 g/mol. The summed E-state index contributed by atoms with van der Waals surface area (Å²) in [5.74, 6) is -0.895. The summed E-state index contributed by atoms with van der Waals surface area (Å²) in [4.78, 5) is 27.4. The number of hydrogen-bond acceptors (Lipinski definition) is 4. The molecule has 0 unspecified atom stereocenters. The maximum Gasteiger partial charge on any atom is 0.242 e. The number of nitrogens with zero attached hydrogens (tertiary/aromatic N) is 2. The van der Waals surface area contributed by atoms with E-state index in [1.165, 1.54) is 21.3 Å². The molecule has 2 rings (SSSR count). The van der Waals surface area contributed by atoms with Crippen LogP contribution in [0.4, 0.5) is 10.1 Å². The Hall–Kier alpha value is -2.94. The zero-order valence-corrected chi connectivity index (χ0v) is 21.1. The summed E-state index contributed by atoms with van der Waals surface area (Å²) < 4.78 is 39.5. The molecule has 0 aromatic heterocycles. The van der Waals surface area contributed by atoms with Crippen LogP contribution < -0.4 is 9.62 Å². The van der Waals surface area contributed by atoms with Crippen LogP contribution in [-0.4, -0.2) is 50.5 Å². The Kier molecular flexibility index (Phi) is 10.0. The van der Waals surface area contributed by atoms with Crippen molar-refractivity contribution in [1.29, 1.82) is 0 Å². The van der Waals surface area contributed by atoms with E-state index in [0.29, 0.717) is 24.2 Å². The third kappa shape index (κ3) is 7.55. The Bertz CT molecular complexity index is 1070. The van der Waals surface area contributed by atoms with Crippen LogP contribution in [0.5, 0.6) is 0 Å². The number of sulfonamides is 1. The van der Waals surface area contributed by atoms with Crippen LogP contribution in [0.15, 0.2) is 48.5 Å². The molecule has 9 heteroatoms. The van der Waals surface area contributed by atoms with Gasteiger partial charge >= 0.3 is 0 Å². The normalized spacial score (nSPS) is 12.1. The van der Waals surface area contributed by atoms with Gasteiger partial charge in [0, 0.05) is 26.1 Å². The monoisotopic (exact) mass is 491 g/mol. The van der Waals surface area contributed by atoms with Gasteiger partial charge in [0.05, 0.1) is 11.9 Å². The first-order chi connectivity index (χ1) is 16.1. The van der Waals surface area contributed by atoms with Gasteiger partial charge in [-0.15, -0.1) is 0 Å². The number of carbonyl (C=O) groups excluding carboxylic acids is 2. The average molecular weight is 492 g/mol. The fourth-order valence-corrected chi connectivity index (χ4v) is 4.85. The number of amides is 2. The van der Waals surface area contributed by atoms with Crippen LogP contribution in [0.25, 0.3) is 0 Å². The fraction of sp³-hybridized carbons (Fsp3) is 0.440. The molecule has 0 heterocycles. The SMILES string of the molecule is CCNC(=O)[C@@H](CC)N(Cc1ccc(F)cc1)C(=O)CCCN(c1ccccc1C)S(C)(=O)=O. The van der Waals surface area contributed by atoms with Crippen LogP contribution in [-0.2, 0) is 26.2 Å². The van der Waals surface area contributed by atoms with Crippen molar-refractivity contribution in [2.75, 3.05) is 23.7 Å². The van der Waals surface area contributed by atoms with Crippen LogP contribution in [0.3, 0.4) is 0 Å². The second kappa shape index (κ2) is 12.5. The lowest BCUT2D eigenvalue weighted by atomic mass is 10.1. The topological polar surface area (TPSA) is 86.8 Å². The molecule has 2 aromatic rings. The molecule has 2 aromatic carbocycles. The maximum atomic E-state index is 13.3. The largest absolute Gasteiger partial charge is 0.355 e. The number of hydrogen-bond donors (Lipinski definition) is 1. The number of likely N-dealkylation sites (N-methyl/N-ethyl adjacent to an activating group) is 1. The molecule has 0 saturated carbocycles. The number of nitrogens with one attached hydrogen (secondary N) is 1. The van der Waals surface area contributed by atoms with Crippen molar-refractivity contribution in [3.8, 4) is 0 Å². The standard InChI is InChI=1S/C25H34FN3O4S/c1-5-22(25(31)27-6-2)28(18-20-13-15-21(26)16-14-20)24(30)12-9-17-29(34(4,32)33)23-11-8-7-10-19(23)3/h7-8,10-11,13-16,22H,5-6,9,12,17-18H2,1-4H3,(H,27,31)/t22-/m1/s1. The predicted octanol–water partition coefficient (Wildman–Crippen LogP) is 3.62. The summed E-state index contributed by atoms with van der Waals surface area (Å²) in [5, 5.41) is 2.77. The minimum Gasteiger partial charge on any atom is -0.355 e. The molecule has 1 atom stereocenters. The van der Waals surface area contributed by atoms with Gasteiger partial charge in [0.1, 0.15) is 11.9 Å². The van der Waals surface area contributed by atoms with Crippen molar-refractivity contribution >= 4 is 27.5 Å². The molecular formula is C25H34FN3O4S. The summed E-state index contributed by atoms with van der Waals surface area (Å²) in [6, 6.07) is 12.3. The van der Waals surface area contributed by atoms with E-state index in [9.17, 15) is 22.4 Å². The summed E-state index contributed by atoms with van der Waals surface area (Å²) in [6.45, 7) is 6.20. The van der Waals surface area contributed by atoms with E-state index in [0.717, 1.165) is 11.8 Å². The van der Waals surface area contributed by atoms with Crippen LogP contribution in [0.1, 0.15) is 44.2 Å². The molecule has 0 bridgehead atoms. The lowest BCUT2D eigenvalue weighted by molar-refractivity contribution is -0.141. The van der Waals surface area contributed by atoms with Crippen molar-refractivity contribution in [1.82, 2.24) is 10.2 Å². The van der Waals surface area contributed by atoms with E-state index in [2.05, 4.69) is 5.32 Å². The number of halogens is 1. The molecule has 186 valence electrons. The molecule has 7 nitrogen and oxygen atoms in total. The lowest BCUT2D eigenvalue weighted by Gasteiger charge is -2.31. The highest BCUT2D eigenvalue weighted by atomic mass is 32.2. The third-order valence-electron chi connectivity index (χ3n) is 5.54. The smallest absolute Gasteiger partial charge is 0.242 e. The molecule has 0 aliphatic rings. The molecule has 0 fully saturated rings. The Morgan fingerprint density at radius 2 is 1.71 bits per heavy atom. The van der Waals surface area contributed by atoms with Crippen molar-refractivity contribution in [2.45, 2.75) is 52.6 Å². The van der Waals surface area contributed by atoms with Gasteiger partial charge in [0.2, 0.25) is 21.8 Å². The van der Waals surface area contributed by atoms with Crippen molar-refractivity contribution in [3.05, 3.63) is 65.5 Å². The number of aryl methyl sites for hydroxylation is 1. The molecule has 0 saturated heterocycles. The van der Waals surface area contributed by atoms with E-state index in [1.54, 1.807) is 24.3 Å². The molecule has 0 aliphatic heterocycles. The van der Waals surface area contributed by atoms with Crippen molar-refractivity contribution in [3.63, 3.8) is 0 Å². The second-order valence-corrected chi connectivity index (χ2v) is 10.1. The van der Waals surface area contributed by atoms with Gasteiger partial charge in [-0.3, -0.25) is 13.9 Å². The highest BCUT2D eigenvalue weighted by Crippen LogP contribution is 2.23. The minimum atomic E-state index is -3.54. The summed E-state index contributed by atoms with van der Waals surface area (Å²) >= 11 is 0. The van der Waals surface area contributed by atoms with Gasteiger partial charge in [-0.1, -0.05) is 37.3 Å². The van der Waals surface area contributed by atoms with Gasteiger partial charge < -0.3 is 10.2 Å². The Morgan fingerprint density at radius 3 is 2.26 bits per heavy atom. The van der Waals surface area contributed by atoms with E-state index >= 15 is 0 Å². The van der Waals surface area contributed by atoms with Gasteiger partial charge in [0.15, 0.2) is 0 Å². The highest BCUT2D eigenvalue weighted by molar-refractivity contribution is 7.92. The Morgan fingerprint density at radius 1 is 1.06 bits per heavy atom. The summed E-state index contributed by atoms with van der Waals surface area (Å²) in [7, 11) is -3.54. The molecule has 34 heavy (non-hydrogen) atoms. The van der Waals surface area contributed by atoms with Crippen molar-refractivity contribution in [2.24, 2.45) is 0 Å². The van der Waals surface area contributed by atoms with Crippen LogP contribution in [0.2, 0.25) is 0 Å².